The Labute approximate surface area is 290 Å². The molecule has 0 radical (unpaired) electrons. The van der Waals surface area contributed by atoms with Gasteiger partial charge in [-0.1, -0.05) is 81.7 Å². The fourth-order valence-corrected chi connectivity index (χ4v) is 8.93. The lowest BCUT2D eigenvalue weighted by Crippen LogP contribution is -2.58. The highest BCUT2D eigenvalue weighted by Gasteiger charge is 2.36. The van der Waals surface area contributed by atoms with E-state index in [1.165, 1.54) is 6.33 Å². The van der Waals surface area contributed by atoms with Crippen LogP contribution in [0.25, 0.3) is 0 Å². The Balaban J connectivity index is 1.54. The summed E-state index contributed by atoms with van der Waals surface area (Å²) in [6.45, 7) is 5.17. The molecule has 2 fully saturated rings. The van der Waals surface area contributed by atoms with Crippen molar-refractivity contribution in [1.29, 1.82) is 0 Å². The molecule has 0 spiro atoms. The number of imidazole rings is 1. The Bertz CT molecular complexity index is 1430. The minimum Gasteiger partial charge on any atom is -0.444 e. The molecule has 2 saturated carbocycles. The number of aromatic nitrogens is 2. The first-order valence-corrected chi connectivity index (χ1v) is 19.5. The molecule has 12 nitrogen and oxygen atoms in total. The summed E-state index contributed by atoms with van der Waals surface area (Å²) in [6, 6.07) is 6.17. The molecule has 2 aromatic rings. The fourth-order valence-electron chi connectivity index (χ4n) is 6.90. The summed E-state index contributed by atoms with van der Waals surface area (Å²) >= 11 is 0. The van der Waals surface area contributed by atoms with Crippen LogP contribution in [-0.2, 0) is 37.0 Å². The zero-order chi connectivity index (χ0) is 35.4. The van der Waals surface area contributed by atoms with Crippen LogP contribution in [0.15, 0.2) is 42.9 Å². The van der Waals surface area contributed by atoms with E-state index >= 15 is 0 Å². The number of hydrogen-bond acceptors (Lipinski definition) is 8. The number of hydrogen-bond donors (Lipinski definition) is 5. The normalized spacial score (nSPS) is 18.9. The smallest absolute Gasteiger partial charge is 0.408 e. The number of nitrogens with zero attached hydrogens (tertiary/aromatic N) is 1. The molecule has 1 aromatic heterocycles. The van der Waals surface area contributed by atoms with Gasteiger partial charge in [-0.25, -0.2) is 18.2 Å². The van der Waals surface area contributed by atoms with E-state index in [9.17, 15) is 27.9 Å². The third kappa shape index (κ3) is 12.7. The standard InChI is InChI=1S/C36H55N5O7S/c1-36(2,3)48-35(45)41-30(20-26-15-9-5-10-16-26)33(43)40-31(21-27-22-37-24-38-27)34(44)39-29(19-25-13-7-4-8-14-25)32(42)23-49(46,47)28-17-11-6-12-18-28/h5,9-10,15-16,22,24-25,28-32,42H,4,6-8,11-14,17-21,23H2,1-3H3,(H,37,38)(H,39,44)(H,40,43)(H,41,45)/t29-,30-,31-,32-/m0/s1. The van der Waals surface area contributed by atoms with Crippen molar-refractivity contribution in [3.8, 4) is 0 Å². The number of rotatable bonds is 15. The molecule has 1 aromatic carbocycles. The van der Waals surface area contributed by atoms with Crippen molar-refractivity contribution in [2.24, 2.45) is 5.92 Å². The highest BCUT2D eigenvalue weighted by Crippen LogP contribution is 2.29. The lowest BCUT2D eigenvalue weighted by atomic mass is 9.83. The van der Waals surface area contributed by atoms with Crippen molar-refractivity contribution in [2.75, 3.05) is 5.75 Å². The van der Waals surface area contributed by atoms with Crippen LogP contribution in [0.5, 0.6) is 0 Å². The van der Waals surface area contributed by atoms with E-state index in [0.29, 0.717) is 25.0 Å². The number of aliphatic hydroxyl groups excluding tert-OH is 1. The average Bonchev–Trinajstić information content (AvgIpc) is 3.57. The van der Waals surface area contributed by atoms with Gasteiger partial charge in [0.1, 0.15) is 17.7 Å². The summed E-state index contributed by atoms with van der Waals surface area (Å²) < 4.78 is 32.2. The summed E-state index contributed by atoms with van der Waals surface area (Å²) in [5.41, 5.74) is 0.590. The second-order valence-electron chi connectivity index (χ2n) is 14.7. The molecule has 1 heterocycles. The SMILES string of the molecule is CC(C)(C)OC(=O)N[C@@H](Cc1ccccc1)C(=O)N[C@@H](Cc1cnc[nH]1)C(=O)N[C@@H](CC1CCCCC1)[C@@H](O)CS(=O)(=O)C1CCCCC1. The van der Waals surface area contributed by atoms with Gasteiger partial charge in [-0.15, -0.1) is 0 Å². The number of benzene rings is 1. The largest absolute Gasteiger partial charge is 0.444 e. The second-order valence-corrected chi connectivity index (χ2v) is 17.1. The quantitative estimate of drug-likeness (QED) is 0.184. The third-order valence-electron chi connectivity index (χ3n) is 9.47. The lowest BCUT2D eigenvalue weighted by Gasteiger charge is -2.32. The second kappa shape index (κ2) is 18.0. The van der Waals surface area contributed by atoms with E-state index < -0.39 is 68.6 Å². The van der Waals surface area contributed by atoms with E-state index in [-0.39, 0.29) is 18.8 Å². The average molecular weight is 702 g/mol. The Hall–Kier alpha value is -3.45. The van der Waals surface area contributed by atoms with Crippen LogP contribution in [0.1, 0.15) is 103 Å². The molecule has 0 aliphatic heterocycles. The lowest BCUT2D eigenvalue weighted by molar-refractivity contribution is -0.130. The van der Waals surface area contributed by atoms with Crippen molar-refractivity contribution in [2.45, 2.75) is 139 Å². The van der Waals surface area contributed by atoms with E-state index in [1.54, 1.807) is 27.0 Å². The summed E-state index contributed by atoms with van der Waals surface area (Å²) in [5, 5.41) is 19.4. The molecule has 4 atom stereocenters. The van der Waals surface area contributed by atoms with Crippen molar-refractivity contribution >= 4 is 27.7 Å². The molecular formula is C36H55N5O7S. The first-order chi connectivity index (χ1) is 23.3. The van der Waals surface area contributed by atoms with Crippen LogP contribution in [0, 0.1) is 5.92 Å². The number of alkyl carbamates (subject to hydrolysis) is 1. The van der Waals surface area contributed by atoms with Crippen molar-refractivity contribution in [3.63, 3.8) is 0 Å². The van der Waals surface area contributed by atoms with Gasteiger partial charge in [0.15, 0.2) is 9.84 Å². The van der Waals surface area contributed by atoms with Crippen LogP contribution in [0.3, 0.4) is 0 Å². The Kier molecular flexibility index (Phi) is 14.1. The number of H-pyrrole nitrogens is 1. The summed E-state index contributed by atoms with van der Waals surface area (Å²) in [6.07, 6.45) is 10.6. The zero-order valence-electron chi connectivity index (χ0n) is 29.2. The van der Waals surface area contributed by atoms with Crippen LogP contribution in [-0.4, -0.2) is 82.2 Å². The van der Waals surface area contributed by atoms with E-state index in [1.807, 2.05) is 30.3 Å². The van der Waals surface area contributed by atoms with E-state index in [4.69, 9.17) is 4.74 Å². The number of amides is 3. The van der Waals surface area contributed by atoms with Gasteiger partial charge in [0, 0.05) is 24.7 Å². The number of aliphatic hydroxyl groups is 1. The molecule has 3 amide bonds. The molecule has 0 bridgehead atoms. The number of sulfone groups is 1. The maximum atomic E-state index is 14.1. The Morgan fingerprint density at radius 2 is 1.51 bits per heavy atom. The van der Waals surface area contributed by atoms with Gasteiger partial charge < -0.3 is 30.8 Å². The first-order valence-electron chi connectivity index (χ1n) is 17.8. The van der Waals surface area contributed by atoms with Gasteiger partial charge in [-0.3, -0.25) is 9.59 Å². The maximum absolute atomic E-state index is 14.1. The highest BCUT2D eigenvalue weighted by molar-refractivity contribution is 7.92. The topological polar surface area (TPSA) is 180 Å². The number of ether oxygens (including phenoxy) is 1. The van der Waals surface area contributed by atoms with Gasteiger partial charge in [-0.05, 0) is 51.5 Å². The monoisotopic (exact) mass is 701 g/mol. The van der Waals surface area contributed by atoms with Gasteiger partial charge in [0.25, 0.3) is 0 Å². The van der Waals surface area contributed by atoms with Crippen LogP contribution in [0.4, 0.5) is 4.79 Å². The zero-order valence-corrected chi connectivity index (χ0v) is 30.0. The van der Waals surface area contributed by atoms with E-state index in [2.05, 4.69) is 25.9 Å². The van der Waals surface area contributed by atoms with E-state index in [0.717, 1.165) is 56.9 Å². The molecule has 272 valence electrons. The van der Waals surface area contributed by atoms with Crippen LogP contribution in [0.2, 0.25) is 0 Å². The summed E-state index contributed by atoms with van der Waals surface area (Å²) in [5.74, 6) is -1.35. The van der Waals surface area contributed by atoms with Crippen LogP contribution < -0.4 is 16.0 Å². The Morgan fingerprint density at radius 3 is 2.12 bits per heavy atom. The Morgan fingerprint density at radius 1 is 0.898 bits per heavy atom. The van der Waals surface area contributed by atoms with Crippen LogP contribution >= 0.6 is 0 Å². The minimum atomic E-state index is -3.59. The first kappa shape index (κ1) is 38.4. The number of carbonyl (C=O) groups excluding carboxylic acids is 3. The third-order valence-corrected chi connectivity index (χ3v) is 11.8. The molecule has 4 rings (SSSR count). The minimum absolute atomic E-state index is 0.0503. The molecule has 0 saturated heterocycles. The summed E-state index contributed by atoms with van der Waals surface area (Å²) in [4.78, 5) is 47.8. The molecule has 2 aliphatic carbocycles. The number of nitrogens with one attached hydrogen (secondary N) is 4. The molecule has 5 N–H and O–H groups in total. The van der Waals surface area contributed by atoms with Crippen molar-refractivity contribution in [1.82, 2.24) is 25.9 Å². The van der Waals surface area contributed by atoms with Gasteiger partial charge >= 0.3 is 6.09 Å². The van der Waals surface area contributed by atoms with Crippen molar-refractivity contribution in [3.05, 3.63) is 54.1 Å². The predicted molar refractivity (Wildman–Crippen MR) is 187 cm³/mol. The predicted octanol–water partition coefficient (Wildman–Crippen LogP) is 4.14. The number of aromatic amines is 1. The fraction of sp³-hybridized carbons (Fsp3) is 0.667. The maximum Gasteiger partial charge on any atom is 0.408 e. The molecular weight excluding hydrogens is 646 g/mol. The van der Waals surface area contributed by atoms with Crippen molar-refractivity contribution < 1.29 is 32.6 Å². The van der Waals surface area contributed by atoms with Gasteiger partial charge in [-0.2, -0.15) is 0 Å². The molecule has 49 heavy (non-hydrogen) atoms. The highest BCUT2D eigenvalue weighted by atomic mass is 32.2. The number of carbonyl (C=O) groups is 3. The molecule has 0 unspecified atom stereocenters. The molecule has 13 heteroatoms. The summed E-state index contributed by atoms with van der Waals surface area (Å²) in [7, 11) is -3.59. The molecule has 2 aliphatic rings. The van der Waals surface area contributed by atoms with Gasteiger partial charge in [0.2, 0.25) is 11.8 Å². The van der Waals surface area contributed by atoms with Gasteiger partial charge in [0.05, 0.1) is 29.5 Å².